The second-order valence-corrected chi connectivity index (χ2v) is 3.63. The smallest absolute Gasteiger partial charge is 0.0772 e. The van der Waals surface area contributed by atoms with Crippen LogP contribution in [0.5, 0.6) is 0 Å². The normalized spacial score (nSPS) is 9.46. The van der Waals surface area contributed by atoms with E-state index in [-0.39, 0.29) is 0 Å². The standard InChI is InChI=1S/C11H7NS/c1-2-10-5-6-11(13-10)9-4-3-7-12-8-9/h1,3-8H. The molecule has 0 spiro atoms. The van der Waals surface area contributed by atoms with Crippen LogP contribution in [0.3, 0.4) is 0 Å². The van der Waals surface area contributed by atoms with E-state index >= 15 is 0 Å². The van der Waals surface area contributed by atoms with Gasteiger partial charge in [-0.3, -0.25) is 4.98 Å². The van der Waals surface area contributed by atoms with Gasteiger partial charge in [0.15, 0.2) is 0 Å². The van der Waals surface area contributed by atoms with Gasteiger partial charge in [0.05, 0.1) is 4.88 Å². The van der Waals surface area contributed by atoms with E-state index < -0.39 is 0 Å². The van der Waals surface area contributed by atoms with Crippen LogP contribution in [-0.4, -0.2) is 4.98 Å². The molecule has 0 aliphatic heterocycles. The van der Waals surface area contributed by atoms with Gasteiger partial charge in [0, 0.05) is 22.8 Å². The van der Waals surface area contributed by atoms with Gasteiger partial charge in [-0.05, 0) is 18.2 Å². The lowest BCUT2D eigenvalue weighted by molar-refractivity contribution is 1.33. The Balaban J connectivity index is 2.43. The largest absolute Gasteiger partial charge is 0.264 e. The van der Waals surface area contributed by atoms with Crippen molar-refractivity contribution in [2.75, 3.05) is 0 Å². The average molecular weight is 185 g/mol. The Morgan fingerprint density at radius 1 is 1.31 bits per heavy atom. The maximum absolute atomic E-state index is 5.29. The molecule has 0 aliphatic carbocycles. The summed E-state index contributed by atoms with van der Waals surface area (Å²) in [5.74, 6) is 2.62. The lowest BCUT2D eigenvalue weighted by atomic mass is 10.2. The van der Waals surface area contributed by atoms with Gasteiger partial charge >= 0.3 is 0 Å². The third-order valence-corrected chi connectivity index (χ3v) is 2.76. The monoisotopic (exact) mass is 185 g/mol. The molecule has 62 valence electrons. The van der Waals surface area contributed by atoms with Crippen molar-refractivity contribution in [3.63, 3.8) is 0 Å². The number of terminal acetylenes is 1. The summed E-state index contributed by atoms with van der Waals surface area (Å²) in [5.41, 5.74) is 1.12. The Bertz CT molecular complexity index is 437. The number of nitrogens with zero attached hydrogens (tertiary/aromatic N) is 1. The first-order valence-electron chi connectivity index (χ1n) is 3.87. The van der Waals surface area contributed by atoms with Crippen molar-refractivity contribution in [2.24, 2.45) is 0 Å². The number of aromatic nitrogens is 1. The molecule has 1 nitrogen and oxygen atoms in total. The van der Waals surface area contributed by atoms with Crippen LogP contribution in [0.1, 0.15) is 4.88 Å². The summed E-state index contributed by atoms with van der Waals surface area (Å²) in [6, 6.07) is 7.92. The zero-order chi connectivity index (χ0) is 9.10. The molecule has 2 aromatic rings. The third kappa shape index (κ3) is 1.61. The average Bonchev–Trinajstić information content (AvgIpc) is 2.67. The summed E-state index contributed by atoms with van der Waals surface area (Å²) < 4.78 is 0. The van der Waals surface area contributed by atoms with E-state index in [4.69, 9.17) is 6.42 Å². The molecular formula is C11H7NS. The Morgan fingerprint density at radius 2 is 2.23 bits per heavy atom. The quantitative estimate of drug-likeness (QED) is 0.622. The molecule has 0 fully saturated rings. The predicted molar refractivity (Wildman–Crippen MR) is 55.5 cm³/mol. The van der Waals surface area contributed by atoms with Crippen LogP contribution < -0.4 is 0 Å². The fraction of sp³-hybridized carbons (Fsp3) is 0. The van der Waals surface area contributed by atoms with Crippen molar-refractivity contribution in [1.29, 1.82) is 0 Å². The molecule has 0 atom stereocenters. The number of thiophene rings is 1. The minimum atomic E-state index is 0.957. The second-order valence-electron chi connectivity index (χ2n) is 2.55. The molecule has 0 N–H and O–H groups in total. The topological polar surface area (TPSA) is 12.9 Å². The van der Waals surface area contributed by atoms with E-state index in [0.29, 0.717) is 0 Å². The Kier molecular flexibility index (Phi) is 2.11. The van der Waals surface area contributed by atoms with Crippen LogP contribution in [0.25, 0.3) is 10.4 Å². The van der Waals surface area contributed by atoms with Crippen LogP contribution in [-0.2, 0) is 0 Å². The van der Waals surface area contributed by atoms with Gasteiger partial charge in [-0.2, -0.15) is 0 Å². The van der Waals surface area contributed by atoms with Crippen molar-refractivity contribution in [2.45, 2.75) is 0 Å². The Hall–Kier alpha value is -1.59. The molecular weight excluding hydrogens is 178 g/mol. The summed E-state index contributed by atoms with van der Waals surface area (Å²) in [6.07, 6.45) is 8.89. The maximum atomic E-state index is 5.29. The fourth-order valence-corrected chi connectivity index (χ4v) is 1.89. The molecule has 0 saturated heterocycles. The summed E-state index contributed by atoms with van der Waals surface area (Å²) >= 11 is 1.61. The predicted octanol–water partition coefficient (Wildman–Crippen LogP) is 2.79. The van der Waals surface area contributed by atoms with E-state index in [0.717, 1.165) is 10.4 Å². The second kappa shape index (κ2) is 3.42. The van der Waals surface area contributed by atoms with E-state index in [1.165, 1.54) is 4.88 Å². The first kappa shape index (κ1) is 8.03. The summed E-state index contributed by atoms with van der Waals surface area (Å²) in [4.78, 5) is 6.18. The molecule has 0 aromatic carbocycles. The zero-order valence-electron chi connectivity index (χ0n) is 6.90. The summed E-state index contributed by atoms with van der Waals surface area (Å²) in [6.45, 7) is 0. The van der Waals surface area contributed by atoms with Crippen LogP contribution in [0.4, 0.5) is 0 Å². The lowest BCUT2D eigenvalue weighted by Gasteiger charge is -1.92. The minimum Gasteiger partial charge on any atom is -0.264 e. The van der Waals surface area contributed by atoms with Gasteiger partial charge in [0.25, 0.3) is 0 Å². The third-order valence-electron chi connectivity index (χ3n) is 1.69. The number of pyridine rings is 1. The fourth-order valence-electron chi connectivity index (χ4n) is 1.08. The van der Waals surface area contributed by atoms with Crippen LogP contribution in [0.15, 0.2) is 36.7 Å². The van der Waals surface area contributed by atoms with Crippen molar-refractivity contribution in [3.8, 4) is 22.8 Å². The number of hydrogen-bond acceptors (Lipinski definition) is 2. The van der Waals surface area contributed by atoms with Gasteiger partial charge in [-0.25, -0.2) is 0 Å². The SMILES string of the molecule is C#Cc1ccc(-c2cccnc2)s1. The molecule has 0 unspecified atom stereocenters. The van der Waals surface area contributed by atoms with Crippen molar-refractivity contribution in [3.05, 3.63) is 41.5 Å². The highest BCUT2D eigenvalue weighted by Gasteiger charge is 1.99. The van der Waals surface area contributed by atoms with Crippen LogP contribution in [0, 0.1) is 12.3 Å². The van der Waals surface area contributed by atoms with Gasteiger partial charge in [0.1, 0.15) is 0 Å². The summed E-state index contributed by atoms with van der Waals surface area (Å²) in [5, 5.41) is 0. The van der Waals surface area contributed by atoms with Crippen molar-refractivity contribution < 1.29 is 0 Å². The van der Waals surface area contributed by atoms with Crippen LogP contribution >= 0.6 is 11.3 Å². The highest BCUT2D eigenvalue weighted by molar-refractivity contribution is 7.16. The van der Waals surface area contributed by atoms with E-state index in [2.05, 4.69) is 10.9 Å². The maximum Gasteiger partial charge on any atom is 0.0772 e. The molecule has 0 amide bonds. The van der Waals surface area contributed by atoms with Crippen molar-refractivity contribution in [1.82, 2.24) is 4.98 Å². The first-order chi connectivity index (χ1) is 6.40. The van der Waals surface area contributed by atoms with Crippen molar-refractivity contribution >= 4 is 11.3 Å². The molecule has 2 rings (SSSR count). The Morgan fingerprint density at radius 3 is 2.85 bits per heavy atom. The van der Waals surface area contributed by atoms with E-state index in [1.54, 1.807) is 17.5 Å². The molecule has 2 aromatic heterocycles. The lowest BCUT2D eigenvalue weighted by Crippen LogP contribution is -1.72. The molecule has 0 aliphatic rings. The van der Waals surface area contributed by atoms with Crippen LogP contribution in [0.2, 0.25) is 0 Å². The van der Waals surface area contributed by atoms with Gasteiger partial charge in [-0.15, -0.1) is 17.8 Å². The molecule has 2 heterocycles. The van der Waals surface area contributed by atoms with Gasteiger partial charge < -0.3 is 0 Å². The highest BCUT2D eigenvalue weighted by Crippen LogP contribution is 2.26. The number of hydrogen-bond donors (Lipinski definition) is 0. The van der Waals surface area contributed by atoms with E-state index in [1.807, 2.05) is 30.5 Å². The summed E-state index contributed by atoms with van der Waals surface area (Å²) in [7, 11) is 0. The molecule has 0 radical (unpaired) electrons. The van der Waals surface area contributed by atoms with Gasteiger partial charge in [-0.1, -0.05) is 12.0 Å². The number of rotatable bonds is 1. The first-order valence-corrected chi connectivity index (χ1v) is 4.68. The molecule has 0 bridgehead atoms. The Labute approximate surface area is 81.1 Å². The molecule has 2 heteroatoms. The van der Waals surface area contributed by atoms with E-state index in [9.17, 15) is 0 Å². The zero-order valence-corrected chi connectivity index (χ0v) is 7.71. The molecule has 0 saturated carbocycles. The molecule has 13 heavy (non-hydrogen) atoms. The van der Waals surface area contributed by atoms with Gasteiger partial charge in [0.2, 0.25) is 0 Å². The minimum absolute atomic E-state index is 0.957. The highest BCUT2D eigenvalue weighted by atomic mass is 32.1.